The molecule has 1 heterocycles. The summed E-state index contributed by atoms with van der Waals surface area (Å²) in [6.45, 7) is 4.48. The van der Waals surface area contributed by atoms with Crippen molar-refractivity contribution in [3.05, 3.63) is 54.4 Å². The average molecular weight is 518 g/mol. The molecule has 28 heavy (non-hydrogen) atoms. The van der Waals surface area contributed by atoms with Gasteiger partial charge in [0.1, 0.15) is 12.4 Å². The summed E-state index contributed by atoms with van der Waals surface area (Å²) in [5.74, 6) is 1.46. The summed E-state index contributed by atoms with van der Waals surface area (Å²) in [5.41, 5.74) is 1.04. The van der Waals surface area contributed by atoms with Crippen molar-refractivity contribution < 1.29 is 13.2 Å². The number of nitrogens with zero attached hydrogens (tertiary/aromatic N) is 2. The zero-order valence-electron chi connectivity index (χ0n) is 16.1. The lowest BCUT2D eigenvalue weighted by Gasteiger charge is -2.12. The molecule has 2 rings (SSSR count). The third kappa shape index (κ3) is 8.87. The number of hydrogen-bond donors (Lipinski definition) is 2. The first-order valence-electron chi connectivity index (χ1n) is 8.83. The molecule has 0 fully saturated rings. The standard InChI is InChI=1S/C19H26N4O3S.HI/c1-3-21-19(23-13-14-26-17-5-4-11-20-15-17)22-12-10-16-6-8-18(9-7-16)27(2,24)25;/h4-9,11,15H,3,10,12-14H2,1-2H3,(H2,21,22,23);1H. The Morgan fingerprint density at radius 1 is 1.18 bits per heavy atom. The molecule has 0 aliphatic carbocycles. The summed E-state index contributed by atoms with van der Waals surface area (Å²) in [4.78, 5) is 8.87. The van der Waals surface area contributed by atoms with Crippen molar-refractivity contribution in [2.45, 2.75) is 18.2 Å². The van der Waals surface area contributed by atoms with E-state index in [1.807, 2.05) is 31.2 Å². The van der Waals surface area contributed by atoms with Gasteiger partial charge in [-0.25, -0.2) is 8.42 Å². The van der Waals surface area contributed by atoms with Crippen LogP contribution in [-0.4, -0.2) is 51.9 Å². The molecule has 1 aromatic heterocycles. The van der Waals surface area contributed by atoms with Crippen molar-refractivity contribution in [2.75, 3.05) is 32.5 Å². The molecule has 0 spiro atoms. The molecule has 0 aliphatic rings. The fourth-order valence-corrected chi connectivity index (χ4v) is 2.94. The van der Waals surface area contributed by atoms with E-state index in [9.17, 15) is 8.42 Å². The van der Waals surface area contributed by atoms with Gasteiger partial charge >= 0.3 is 0 Å². The molecule has 1 aromatic carbocycles. The summed E-state index contributed by atoms with van der Waals surface area (Å²) in [5, 5.41) is 6.41. The second kappa shape index (κ2) is 12.6. The smallest absolute Gasteiger partial charge is 0.191 e. The van der Waals surface area contributed by atoms with Gasteiger partial charge in [0.05, 0.1) is 17.6 Å². The molecule has 0 amide bonds. The van der Waals surface area contributed by atoms with Crippen LogP contribution < -0.4 is 15.4 Å². The number of ether oxygens (including phenoxy) is 1. The van der Waals surface area contributed by atoms with E-state index in [2.05, 4.69) is 20.6 Å². The predicted molar refractivity (Wildman–Crippen MR) is 122 cm³/mol. The van der Waals surface area contributed by atoms with Gasteiger partial charge in [-0.05, 0) is 43.2 Å². The summed E-state index contributed by atoms with van der Waals surface area (Å²) in [6.07, 6.45) is 5.32. The topological polar surface area (TPSA) is 92.7 Å². The summed E-state index contributed by atoms with van der Waals surface area (Å²) < 4.78 is 28.6. The van der Waals surface area contributed by atoms with Crippen LogP contribution in [0.5, 0.6) is 5.75 Å². The molecule has 0 saturated carbocycles. The lowest BCUT2D eigenvalue weighted by molar-refractivity contribution is 0.320. The van der Waals surface area contributed by atoms with Crippen molar-refractivity contribution in [3.8, 4) is 5.75 Å². The minimum absolute atomic E-state index is 0. The van der Waals surface area contributed by atoms with Crippen molar-refractivity contribution in [2.24, 2.45) is 4.99 Å². The number of benzene rings is 1. The zero-order chi connectivity index (χ0) is 19.5. The number of aromatic nitrogens is 1. The number of rotatable bonds is 9. The van der Waals surface area contributed by atoms with E-state index in [1.165, 1.54) is 6.26 Å². The Hall–Kier alpha value is -1.88. The highest BCUT2D eigenvalue weighted by atomic mass is 127. The maximum Gasteiger partial charge on any atom is 0.191 e. The molecule has 0 bridgehead atoms. The highest BCUT2D eigenvalue weighted by Crippen LogP contribution is 2.10. The highest BCUT2D eigenvalue weighted by Gasteiger charge is 2.06. The van der Waals surface area contributed by atoms with E-state index in [0.717, 1.165) is 30.2 Å². The van der Waals surface area contributed by atoms with Gasteiger partial charge in [0.25, 0.3) is 0 Å². The van der Waals surface area contributed by atoms with Gasteiger partial charge in [-0.15, -0.1) is 24.0 Å². The van der Waals surface area contributed by atoms with Crippen molar-refractivity contribution in [1.29, 1.82) is 0 Å². The highest BCUT2D eigenvalue weighted by molar-refractivity contribution is 14.0. The first-order valence-corrected chi connectivity index (χ1v) is 10.7. The lowest BCUT2D eigenvalue weighted by atomic mass is 10.1. The SMILES string of the molecule is CCNC(=NCCc1ccc(S(C)(=O)=O)cc1)NCCOc1cccnc1.I. The summed E-state index contributed by atoms with van der Waals surface area (Å²) in [6, 6.07) is 10.6. The third-order valence-electron chi connectivity index (χ3n) is 3.66. The molecule has 0 saturated heterocycles. The number of halogens is 1. The molecule has 2 aromatic rings. The first kappa shape index (κ1) is 24.2. The maximum absolute atomic E-state index is 11.5. The Labute approximate surface area is 184 Å². The van der Waals surface area contributed by atoms with Gasteiger partial charge in [0.2, 0.25) is 0 Å². The van der Waals surface area contributed by atoms with Crippen LogP contribution in [0.25, 0.3) is 0 Å². The number of nitrogens with one attached hydrogen (secondary N) is 2. The second-order valence-corrected chi connectivity index (χ2v) is 7.91. The Balaban J connectivity index is 0.00000392. The molecule has 0 unspecified atom stereocenters. The molecular formula is C19H27IN4O3S. The van der Waals surface area contributed by atoms with Gasteiger partial charge in [0.15, 0.2) is 15.8 Å². The number of sulfone groups is 1. The minimum atomic E-state index is -3.16. The number of aliphatic imine (C=N–C) groups is 1. The van der Waals surface area contributed by atoms with Crippen molar-refractivity contribution >= 4 is 39.8 Å². The Bertz CT molecular complexity index is 828. The van der Waals surface area contributed by atoms with Crippen LogP contribution in [0.1, 0.15) is 12.5 Å². The zero-order valence-corrected chi connectivity index (χ0v) is 19.2. The van der Waals surface area contributed by atoms with Crippen LogP contribution in [0.3, 0.4) is 0 Å². The lowest BCUT2D eigenvalue weighted by Crippen LogP contribution is -2.39. The van der Waals surface area contributed by atoms with Crippen LogP contribution in [-0.2, 0) is 16.3 Å². The molecule has 154 valence electrons. The number of hydrogen-bond acceptors (Lipinski definition) is 5. The van der Waals surface area contributed by atoms with Gasteiger partial charge in [0, 0.05) is 25.5 Å². The van der Waals surface area contributed by atoms with E-state index < -0.39 is 9.84 Å². The van der Waals surface area contributed by atoms with E-state index >= 15 is 0 Å². The van der Waals surface area contributed by atoms with E-state index in [0.29, 0.717) is 24.6 Å². The Morgan fingerprint density at radius 3 is 2.54 bits per heavy atom. The Kier molecular flexibility index (Phi) is 10.8. The molecule has 0 aliphatic heterocycles. The largest absolute Gasteiger partial charge is 0.490 e. The third-order valence-corrected chi connectivity index (χ3v) is 4.79. The van der Waals surface area contributed by atoms with Gasteiger partial charge in [-0.3, -0.25) is 9.98 Å². The van der Waals surface area contributed by atoms with E-state index in [1.54, 1.807) is 24.5 Å². The fraction of sp³-hybridized carbons (Fsp3) is 0.368. The molecule has 9 heteroatoms. The molecule has 0 radical (unpaired) electrons. The second-order valence-electron chi connectivity index (χ2n) is 5.89. The van der Waals surface area contributed by atoms with E-state index in [4.69, 9.17) is 4.74 Å². The van der Waals surface area contributed by atoms with Crippen LogP contribution in [0.4, 0.5) is 0 Å². The van der Waals surface area contributed by atoms with E-state index in [-0.39, 0.29) is 24.0 Å². The summed E-state index contributed by atoms with van der Waals surface area (Å²) in [7, 11) is -3.16. The normalized spacial score (nSPS) is 11.4. The summed E-state index contributed by atoms with van der Waals surface area (Å²) >= 11 is 0. The van der Waals surface area contributed by atoms with Crippen LogP contribution >= 0.6 is 24.0 Å². The monoisotopic (exact) mass is 518 g/mol. The van der Waals surface area contributed by atoms with Crippen molar-refractivity contribution in [1.82, 2.24) is 15.6 Å². The van der Waals surface area contributed by atoms with Gasteiger partial charge < -0.3 is 15.4 Å². The quantitative estimate of drug-likeness (QED) is 0.229. The van der Waals surface area contributed by atoms with Crippen molar-refractivity contribution in [3.63, 3.8) is 0 Å². The average Bonchev–Trinajstić information content (AvgIpc) is 2.66. The Morgan fingerprint density at radius 2 is 1.93 bits per heavy atom. The molecule has 7 nitrogen and oxygen atoms in total. The predicted octanol–water partition coefficient (Wildman–Crippen LogP) is 2.28. The maximum atomic E-state index is 11.5. The van der Waals surface area contributed by atoms with Gasteiger partial charge in [-0.1, -0.05) is 12.1 Å². The van der Waals surface area contributed by atoms with Crippen LogP contribution in [0.2, 0.25) is 0 Å². The van der Waals surface area contributed by atoms with Gasteiger partial charge in [-0.2, -0.15) is 0 Å². The molecule has 2 N–H and O–H groups in total. The number of pyridine rings is 1. The van der Waals surface area contributed by atoms with Crippen LogP contribution in [0.15, 0.2) is 58.7 Å². The first-order chi connectivity index (χ1) is 13.0. The van der Waals surface area contributed by atoms with Crippen LogP contribution in [0, 0.1) is 0 Å². The minimum Gasteiger partial charge on any atom is -0.490 e. The molecule has 0 atom stereocenters. The fourth-order valence-electron chi connectivity index (χ4n) is 2.31. The molecular weight excluding hydrogens is 491 g/mol. The number of guanidine groups is 1.